The van der Waals surface area contributed by atoms with Crippen molar-refractivity contribution in [2.75, 3.05) is 11.4 Å². The van der Waals surface area contributed by atoms with Crippen molar-refractivity contribution in [3.05, 3.63) is 29.8 Å². The maximum Gasteiger partial charge on any atom is 0.326 e. The molecule has 3 rings (SSSR count). The molecule has 1 heterocycles. The molecule has 2 aliphatic rings. The number of amides is 2. The Morgan fingerprint density at radius 2 is 1.83 bits per heavy atom. The van der Waals surface area contributed by atoms with Crippen LogP contribution in [0.15, 0.2) is 24.3 Å². The molecule has 0 radical (unpaired) electrons. The van der Waals surface area contributed by atoms with E-state index in [0.717, 1.165) is 49.6 Å². The lowest BCUT2D eigenvalue weighted by atomic mass is 9.72. The molecule has 8 nitrogen and oxygen atoms in total. The van der Waals surface area contributed by atoms with Gasteiger partial charge in [0.25, 0.3) is 0 Å². The maximum atomic E-state index is 13.7. The van der Waals surface area contributed by atoms with E-state index in [4.69, 9.17) is 4.74 Å². The van der Waals surface area contributed by atoms with Gasteiger partial charge in [-0.3, -0.25) is 19.2 Å². The van der Waals surface area contributed by atoms with E-state index in [1.165, 1.54) is 0 Å². The second-order valence-electron chi connectivity index (χ2n) is 13.2. The van der Waals surface area contributed by atoms with Crippen molar-refractivity contribution in [3.63, 3.8) is 0 Å². The number of carbonyl (C=O) groups excluding carboxylic acids is 5. The first-order valence-electron chi connectivity index (χ1n) is 15.2. The summed E-state index contributed by atoms with van der Waals surface area (Å²) in [4.78, 5) is 65.8. The Morgan fingerprint density at radius 3 is 2.46 bits per heavy atom. The highest BCUT2D eigenvalue weighted by molar-refractivity contribution is 6.00. The maximum absolute atomic E-state index is 13.7. The van der Waals surface area contributed by atoms with Gasteiger partial charge in [-0.2, -0.15) is 0 Å². The molecule has 1 unspecified atom stereocenters. The summed E-state index contributed by atoms with van der Waals surface area (Å²) in [6.45, 7) is 9.02. The van der Waals surface area contributed by atoms with Gasteiger partial charge in [0.15, 0.2) is 0 Å². The fourth-order valence-corrected chi connectivity index (χ4v) is 6.42. The molecule has 0 spiro atoms. The fourth-order valence-electron chi connectivity index (χ4n) is 6.42. The lowest BCUT2D eigenvalue weighted by Gasteiger charge is -2.30. The van der Waals surface area contributed by atoms with Crippen LogP contribution in [0.5, 0.6) is 0 Å². The van der Waals surface area contributed by atoms with E-state index in [1.807, 2.05) is 38.1 Å². The second-order valence-corrected chi connectivity index (χ2v) is 13.2. The van der Waals surface area contributed by atoms with Crippen molar-refractivity contribution in [2.24, 2.45) is 17.3 Å². The number of aryl methyl sites for hydroxylation is 1. The van der Waals surface area contributed by atoms with Gasteiger partial charge in [-0.25, -0.2) is 0 Å². The summed E-state index contributed by atoms with van der Waals surface area (Å²) in [5.74, 6) is -1.38. The van der Waals surface area contributed by atoms with Crippen molar-refractivity contribution >= 4 is 35.5 Å². The largest absolute Gasteiger partial charge is 0.459 e. The van der Waals surface area contributed by atoms with Crippen LogP contribution in [0.4, 0.5) is 5.69 Å². The molecular weight excluding hydrogens is 520 g/mol. The summed E-state index contributed by atoms with van der Waals surface area (Å²) < 4.78 is 5.52. The van der Waals surface area contributed by atoms with Gasteiger partial charge in [0, 0.05) is 41.8 Å². The average Bonchev–Trinajstić information content (AvgIpc) is 3.32. The Bertz CT molecular complexity index is 1100. The van der Waals surface area contributed by atoms with Crippen LogP contribution in [0, 0.1) is 17.3 Å². The first-order chi connectivity index (χ1) is 19.3. The number of hydrogen-bond donors (Lipinski definition) is 1. The van der Waals surface area contributed by atoms with Crippen molar-refractivity contribution in [3.8, 4) is 0 Å². The van der Waals surface area contributed by atoms with Crippen LogP contribution in [0.1, 0.15) is 104 Å². The number of rotatable bonds is 13. The molecule has 0 saturated heterocycles. The van der Waals surface area contributed by atoms with Gasteiger partial charge in [-0.05, 0) is 91.2 Å². The highest BCUT2D eigenvalue weighted by Gasteiger charge is 2.42. The van der Waals surface area contributed by atoms with Gasteiger partial charge in [0.05, 0.1) is 0 Å². The summed E-state index contributed by atoms with van der Waals surface area (Å²) >= 11 is 0. The first-order valence-corrected chi connectivity index (χ1v) is 15.2. The Labute approximate surface area is 245 Å². The third-order valence-electron chi connectivity index (χ3n) is 8.22. The number of benzene rings is 1. The highest BCUT2D eigenvalue weighted by Crippen LogP contribution is 2.45. The molecule has 1 aliphatic carbocycles. The van der Waals surface area contributed by atoms with Gasteiger partial charge in [-0.15, -0.1) is 0 Å². The lowest BCUT2D eigenvalue weighted by molar-refractivity contribution is -0.153. The minimum absolute atomic E-state index is 0.00331. The molecule has 1 saturated carbocycles. The minimum Gasteiger partial charge on any atom is -0.459 e. The smallest absolute Gasteiger partial charge is 0.326 e. The quantitative estimate of drug-likeness (QED) is 0.254. The molecule has 0 aromatic heterocycles. The molecule has 1 N–H and O–H groups in total. The summed E-state index contributed by atoms with van der Waals surface area (Å²) in [6.07, 6.45) is 7.51. The fraction of sp³-hybridized carbons (Fsp3) is 0.667. The molecule has 2 amide bonds. The van der Waals surface area contributed by atoms with Crippen LogP contribution in [0.25, 0.3) is 0 Å². The molecule has 41 heavy (non-hydrogen) atoms. The van der Waals surface area contributed by atoms with Gasteiger partial charge in [-0.1, -0.05) is 31.0 Å². The van der Waals surface area contributed by atoms with Crippen molar-refractivity contribution in [1.82, 2.24) is 5.32 Å². The Kier molecular flexibility index (Phi) is 11.3. The predicted octanol–water partition coefficient (Wildman–Crippen LogP) is 5.34. The summed E-state index contributed by atoms with van der Waals surface area (Å²) in [7, 11) is 0. The molecule has 2 atom stereocenters. The summed E-state index contributed by atoms with van der Waals surface area (Å²) in [5.41, 5.74) is 0.543. The number of ether oxygens (including phenoxy) is 1. The number of aldehydes is 1. The number of hydrogen-bond acceptors (Lipinski definition) is 6. The number of nitrogens with zero attached hydrogens (tertiary/aromatic N) is 1. The van der Waals surface area contributed by atoms with E-state index in [-0.39, 0.29) is 42.5 Å². The van der Waals surface area contributed by atoms with Crippen LogP contribution in [0.3, 0.4) is 0 Å². The zero-order valence-corrected chi connectivity index (χ0v) is 25.5. The molecule has 8 heteroatoms. The third-order valence-corrected chi connectivity index (χ3v) is 8.22. The van der Waals surface area contributed by atoms with E-state index < -0.39 is 22.9 Å². The number of ketones is 1. The number of anilines is 1. The standard InChI is InChI=1S/C33H48N2O6/c1-23(2)34-29(38)19-24(22-36)20-33(17-8-9-18-33)28(37)14-10-12-26-16-15-25-11-6-7-13-27(25)35(31(26)40)21-30(39)41-32(3,4)5/h6-7,11,13,22-24,26H,8-10,12,14-21H2,1-5H3,(H,34,38)/t24?,26-/m0/s1. The van der Waals surface area contributed by atoms with Crippen molar-refractivity contribution in [1.29, 1.82) is 0 Å². The van der Waals surface area contributed by atoms with E-state index in [1.54, 1.807) is 25.7 Å². The number of para-hydroxylation sites is 1. The van der Waals surface area contributed by atoms with Gasteiger partial charge < -0.3 is 19.7 Å². The number of nitrogens with one attached hydrogen (secondary N) is 1. The van der Waals surface area contributed by atoms with E-state index in [0.29, 0.717) is 32.1 Å². The number of fused-ring (bicyclic) bond motifs is 1. The van der Waals surface area contributed by atoms with Gasteiger partial charge in [0.2, 0.25) is 11.8 Å². The lowest BCUT2D eigenvalue weighted by Crippen LogP contribution is -2.41. The Morgan fingerprint density at radius 1 is 1.15 bits per heavy atom. The van der Waals surface area contributed by atoms with Crippen LogP contribution >= 0.6 is 0 Å². The van der Waals surface area contributed by atoms with Crippen molar-refractivity contribution in [2.45, 2.75) is 117 Å². The van der Waals surface area contributed by atoms with Crippen LogP contribution < -0.4 is 10.2 Å². The Balaban J connectivity index is 1.65. The zero-order valence-electron chi connectivity index (χ0n) is 25.5. The molecule has 1 aliphatic heterocycles. The van der Waals surface area contributed by atoms with E-state index >= 15 is 0 Å². The monoisotopic (exact) mass is 568 g/mol. The summed E-state index contributed by atoms with van der Waals surface area (Å²) in [6, 6.07) is 7.67. The SMILES string of the molecule is CC(C)NC(=O)CC(C=O)CC1(C(=O)CCC[C@H]2CCc3ccccc3N(CC(=O)OC(C)(C)C)C2=O)CCCC1. The van der Waals surface area contributed by atoms with Crippen molar-refractivity contribution < 1.29 is 28.7 Å². The van der Waals surface area contributed by atoms with E-state index in [9.17, 15) is 24.0 Å². The molecule has 1 aromatic carbocycles. The summed E-state index contributed by atoms with van der Waals surface area (Å²) in [5, 5.41) is 2.84. The van der Waals surface area contributed by atoms with Crippen LogP contribution in [0.2, 0.25) is 0 Å². The van der Waals surface area contributed by atoms with Gasteiger partial charge >= 0.3 is 5.97 Å². The normalized spacial score (nSPS) is 19.3. The zero-order chi connectivity index (χ0) is 30.2. The second kappa shape index (κ2) is 14.2. The number of esters is 1. The number of Topliss-reactive ketones (excluding diaryl/α,β-unsaturated/α-hetero) is 1. The number of carbonyl (C=O) groups is 5. The minimum atomic E-state index is -0.650. The molecule has 1 aromatic rings. The molecule has 0 bridgehead atoms. The molecular formula is C33H48N2O6. The first kappa shape index (κ1) is 32.5. The third kappa shape index (κ3) is 9.23. The van der Waals surface area contributed by atoms with Crippen LogP contribution in [-0.4, -0.2) is 48.0 Å². The Hall–Kier alpha value is -3.03. The predicted molar refractivity (Wildman–Crippen MR) is 158 cm³/mol. The van der Waals surface area contributed by atoms with Crippen LogP contribution in [-0.2, 0) is 35.1 Å². The van der Waals surface area contributed by atoms with Gasteiger partial charge in [0.1, 0.15) is 24.2 Å². The highest BCUT2D eigenvalue weighted by atomic mass is 16.6. The topological polar surface area (TPSA) is 110 Å². The average molecular weight is 569 g/mol. The molecule has 226 valence electrons. The van der Waals surface area contributed by atoms with E-state index in [2.05, 4.69) is 5.32 Å². The molecule has 1 fully saturated rings.